The molecule has 0 aliphatic rings. The Hall–Kier alpha value is -3.33. The quantitative estimate of drug-likeness (QED) is 0.468. The van der Waals surface area contributed by atoms with Gasteiger partial charge in [-0.25, -0.2) is 4.98 Å². The molecule has 2 aromatic heterocycles. The Morgan fingerprint density at radius 1 is 1.21 bits per heavy atom. The first-order valence-corrected chi connectivity index (χ1v) is 9.56. The van der Waals surface area contributed by atoms with Gasteiger partial charge < -0.3 is 9.67 Å². The lowest BCUT2D eigenvalue weighted by molar-refractivity contribution is -0.121. The smallest absolute Gasteiger partial charge is 0.287 e. The van der Waals surface area contributed by atoms with Gasteiger partial charge in [0.05, 0.1) is 22.7 Å². The normalized spacial score (nSPS) is 12.8. The van der Waals surface area contributed by atoms with Gasteiger partial charge >= 0.3 is 0 Å². The summed E-state index contributed by atoms with van der Waals surface area (Å²) in [6, 6.07) is 11.5. The maximum Gasteiger partial charge on any atom is 0.287 e. The highest BCUT2D eigenvalue weighted by molar-refractivity contribution is 9.10. The number of hydrogen-bond acceptors (Lipinski definition) is 5. The Morgan fingerprint density at radius 2 is 1.97 bits per heavy atom. The van der Waals surface area contributed by atoms with E-state index in [9.17, 15) is 14.7 Å². The van der Waals surface area contributed by atoms with E-state index in [1.807, 2.05) is 12.1 Å². The maximum atomic E-state index is 12.7. The summed E-state index contributed by atoms with van der Waals surface area (Å²) < 4.78 is 3.59. The van der Waals surface area contributed by atoms with Crippen LogP contribution in [0.2, 0.25) is 0 Å². The molecule has 29 heavy (non-hydrogen) atoms. The van der Waals surface area contributed by atoms with Crippen LogP contribution in [0.5, 0.6) is 5.88 Å². The monoisotopic (exact) mass is 453 g/mol. The van der Waals surface area contributed by atoms with Gasteiger partial charge in [-0.2, -0.15) is 0 Å². The van der Waals surface area contributed by atoms with Gasteiger partial charge in [0.25, 0.3) is 11.5 Å². The first-order valence-electron chi connectivity index (χ1n) is 8.77. The molecule has 8 nitrogen and oxygen atoms in total. The SMILES string of the molecule is C[C@H](C(=O)N=Nc1c(O)n(C)c2ccc(Br)cc12)n1cnc2ccccc2c1=O. The standard InChI is InChI=1S/C20H16BrN5O3/c1-11(26-10-22-15-6-4-3-5-13(15)19(26)28)18(27)24-23-17-14-9-12(21)7-8-16(14)25(2)20(17)29/h3-11,29H,1-2H3/t11-/m1/s1. The summed E-state index contributed by atoms with van der Waals surface area (Å²) in [6.07, 6.45) is 1.33. The lowest BCUT2D eigenvalue weighted by atomic mass is 10.2. The number of aryl methyl sites for hydroxylation is 1. The summed E-state index contributed by atoms with van der Waals surface area (Å²) in [5.41, 5.74) is 1.16. The van der Waals surface area contributed by atoms with Gasteiger partial charge in [-0.15, -0.1) is 10.2 Å². The van der Waals surface area contributed by atoms with Gasteiger partial charge in [-0.05, 0) is 37.3 Å². The zero-order chi connectivity index (χ0) is 20.7. The van der Waals surface area contributed by atoms with Gasteiger partial charge in [0.2, 0.25) is 5.88 Å². The molecule has 4 aromatic rings. The molecule has 9 heteroatoms. The zero-order valence-corrected chi connectivity index (χ0v) is 17.2. The Bertz CT molecular complexity index is 1360. The predicted octanol–water partition coefficient (Wildman–Crippen LogP) is 4.23. The van der Waals surface area contributed by atoms with Crippen molar-refractivity contribution in [2.24, 2.45) is 17.3 Å². The van der Waals surface area contributed by atoms with E-state index < -0.39 is 11.9 Å². The minimum absolute atomic E-state index is 0.105. The summed E-state index contributed by atoms with van der Waals surface area (Å²) in [7, 11) is 1.69. The molecule has 0 bridgehead atoms. The number of hydrogen-bond donors (Lipinski definition) is 1. The van der Waals surface area contributed by atoms with Crippen molar-refractivity contribution in [3.8, 4) is 5.88 Å². The van der Waals surface area contributed by atoms with E-state index in [4.69, 9.17) is 0 Å². The Balaban J connectivity index is 1.70. The van der Waals surface area contributed by atoms with Crippen LogP contribution >= 0.6 is 15.9 Å². The lowest BCUT2D eigenvalue weighted by Gasteiger charge is -2.11. The van der Waals surface area contributed by atoms with Crippen molar-refractivity contribution >= 4 is 49.3 Å². The van der Waals surface area contributed by atoms with E-state index in [1.54, 1.807) is 48.9 Å². The average Bonchev–Trinajstić information content (AvgIpc) is 2.95. The van der Waals surface area contributed by atoms with Gasteiger partial charge in [0.15, 0.2) is 5.69 Å². The third-order valence-electron chi connectivity index (χ3n) is 4.82. The van der Waals surface area contributed by atoms with Crippen molar-refractivity contribution in [1.82, 2.24) is 14.1 Å². The molecule has 0 fully saturated rings. The maximum absolute atomic E-state index is 12.7. The first kappa shape index (κ1) is 19.0. The molecule has 0 radical (unpaired) electrons. The third kappa shape index (κ3) is 3.23. The van der Waals surface area contributed by atoms with Crippen LogP contribution in [0.25, 0.3) is 21.8 Å². The molecule has 146 valence electrons. The summed E-state index contributed by atoms with van der Waals surface area (Å²) in [5.74, 6) is -0.734. The van der Waals surface area contributed by atoms with Gasteiger partial charge in [0, 0.05) is 16.9 Å². The number of fused-ring (bicyclic) bond motifs is 2. The van der Waals surface area contributed by atoms with E-state index in [-0.39, 0.29) is 17.1 Å². The summed E-state index contributed by atoms with van der Waals surface area (Å²) in [4.78, 5) is 29.5. The molecule has 0 aliphatic carbocycles. The first-order chi connectivity index (χ1) is 13.9. The van der Waals surface area contributed by atoms with Gasteiger partial charge in [0.1, 0.15) is 6.04 Å². The molecule has 1 atom stereocenters. The highest BCUT2D eigenvalue weighted by atomic mass is 79.9. The van der Waals surface area contributed by atoms with Crippen molar-refractivity contribution < 1.29 is 9.90 Å². The second-order valence-corrected chi connectivity index (χ2v) is 7.50. The molecular weight excluding hydrogens is 438 g/mol. The number of benzene rings is 2. The molecule has 0 unspecified atom stereocenters. The molecule has 0 spiro atoms. The number of amides is 1. The van der Waals surface area contributed by atoms with Crippen LogP contribution in [0, 0.1) is 0 Å². The second-order valence-electron chi connectivity index (χ2n) is 6.58. The molecule has 2 heterocycles. The van der Waals surface area contributed by atoms with Crippen molar-refractivity contribution in [1.29, 1.82) is 0 Å². The topological polar surface area (TPSA) is 102 Å². The average molecular weight is 454 g/mol. The molecule has 0 aliphatic heterocycles. The Morgan fingerprint density at radius 3 is 2.76 bits per heavy atom. The third-order valence-corrected chi connectivity index (χ3v) is 5.31. The number of nitrogens with zero attached hydrogens (tertiary/aromatic N) is 5. The summed E-state index contributed by atoms with van der Waals surface area (Å²) >= 11 is 3.39. The van der Waals surface area contributed by atoms with Crippen LogP contribution in [0.4, 0.5) is 5.69 Å². The second kappa shape index (κ2) is 7.25. The number of aromatic nitrogens is 3. The van der Waals surface area contributed by atoms with Crippen LogP contribution in [0.3, 0.4) is 0 Å². The Kier molecular flexibility index (Phi) is 4.75. The zero-order valence-electron chi connectivity index (χ0n) is 15.6. The van der Waals surface area contributed by atoms with E-state index in [2.05, 4.69) is 31.1 Å². The van der Waals surface area contributed by atoms with E-state index in [0.717, 1.165) is 9.99 Å². The highest BCUT2D eigenvalue weighted by Gasteiger charge is 2.19. The van der Waals surface area contributed by atoms with E-state index in [0.29, 0.717) is 16.3 Å². The summed E-state index contributed by atoms with van der Waals surface area (Å²) in [5, 5.41) is 19.2. The van der Waals surface area contributed by atoms with E-state index in [1.165, 1.54) is 10.9 Å². The number of carbonyl (C=O) groups is 1. The Labute approximate surface area is 173 Å². The van der Waals surface area contributed by atoms with Crippen LogP contribution in [0.1, 0.15) is 13.0 Å². The van der Waals surface area contributed by atoms with Crippen molar-refractivity contribution in [2.75, 3.05) is 0 Å². The molecule has 0 saturated carbocycles. The highest BCUT2D eigenvalue weighted by Crippen LogP contribution is 2.39. The van der Waals surface area contributed by atoms with Gasteiger partial charge in [-0.3, -0.25) is 14.2 Å². The number of halogens is 1. The number of rotatable bonds is 3. The van der Waals surface area contributed by atoms with Crippen LogP contribution in [-0.4, -0.2) is 25.1 Å². The fourth-order valence-electron chi connectivity index (χ4n) is 3.14. The van der Waals surface area contributed by atoms with Crippen LogP contribution in [-0.2, 0) is 11.8 Å². The predicted molar refractivity (Wildman–Crippen MR) is 113 cm³/mol. The number of para-hydroxylation sites is 1. The number of aromatic hydroxyl groups is 1. The van der Waals surface area contributed by atoms with Crippen LogP contribution < -0.4 is 5.56 Å². The molecule has 2 aromatic carbocycles. The minimum Gasteiger partial charge on any atom is -0.493 e. The largest absolute Gasteiger partial charge is 0.493 e. The van der Waals surface area contributed by atoms with Crippen LogP contribution in [0.15, 0.2) is 68.3 Å². The fraction of sp³-hybridized carbons (Fsp3) is 0.150. The molecule has 4 rings (SSSR count). The fourth-order valence-corrected chi connectivity index (χ4v) is 3.50. The number of azo groups is 1. The lowest BCUT2D eigenvalue weighted by Crippen LogP contribution is -2.27. The number of carbonyl (C=O) groups excluding carboxylic acids is 1. The summed E-state index contributed by atoms with van der Waals surface area (Å²) in [6.45, 7) is 1.55. The molecular formula is C20H16BrN5O3. The van der Waals surface area contributed by atoms with E-state index >= 15 is 0 Å². The van der Waals surface area contributed by atoms with Gasteiger partial charge in [-0.1, -0.05) is 28.1 Å². The van der Waals surface area contributed by atoms with Crippen molar-refractivity contribution in [3.05, 3.63) is 63.6 Å². The molecule has 1 N–H and O–H groups in total. The minimum atomic E-state index is -0.896. The molecule has 1 amide bonds. The van der Waals surface area contributed by atoms with Crippen molar-refractivity contribution in [3.63, 3.8) is 0 Å². The van der Waals surface area contributed by atoms with Crippen molar-refractivity contribution in [2.45, 2.75) is 13.0 Å². The molecule has 0 saturated heterocycles.